The molecule has 21 heavy (non-hydrogen) atoms. The molecule has 0 spiro atoms. The molecule has 114 valence electrons. The fourth-order valence-electron chi connectivity index (χ4n) is 1.82. The van der Waals surface area contributed by atoms with Gasteiger partial charge in [-0.15, -0.1) is 11.3 Å². The molecule has 1 aromatic heterocycles. The molecule has 1 unspecified atom stereocenters. The highest BCUT2D eigenvalue weighted by molar-refractivity contribution is 7.88. The summed E-state index contributed by atoms with van der Waals surface area (Å²) in [7, 11) is -3.65. The van der Waals surface area contributed by atoms with E-state index < -0.39 is 21.4 Å². The van der Waals surface area contributed by atoms with Crippen molar-refractivity contribution in [2.75, 3.05) is 6.54 Å². The molecule has 2 rings (SSSR count). The van der Waals surface area contributed by atoms with E-state index in [1.807, 2.05) is 5.38 Å². The van der Waals surface area contributed by atoms with Gasteiger partial charge in [-0.3, -0.25) is 0 Å². The first-order valence-corrected chi connectivity index (χ1v) is 8.80. The third-order valence-electron chi connectivity index (χ3n) is 2.93. The summed E-state index contributed by atoms with van der Waals surface area (Å²) in [5.74, 6) is -0.807. The van der Waals surface area contributed by atoms with Crippen molar-refractivity contribution < 1.29 is 17.9 Å². The molecule has 0 bridgehead atoms. The molecule has 0 aliphatic heterocycles. The Morgan fingerprint density at radius 3 is 2.71 bits per heavy atom. The van der Waals surface area contributed by atoms with E-state index in [4.69, 9.17) is 0 Å². The first kappa shape index (κ1) is 16.1. The number of aliphatic hydroxyl groups is 1. The van der Waals surface area contributed by atoms with Crippen molar-refractivity contribution >= 4 is 21.4 Å². The minimum absolute atomic E-state index is 0.134. The lowest BCUT2D eigenvalue weighted by Crippen LogP contribution is -2.38. The molecule has 0 aliphatic rings. The van der Waals surface area contributed by atoms with Crippen LogP contribution in [0.3, 0.4) is 0 Å². The van der Waals surface area contributed by atoms with E-state index in [2.05, 4.69) is 4.72 Å². The first-order chi connectivity index (χ1) is 9.78. The number of thiophene rings is 1. The molecule has 0 aliphatic carbocycles. The van der Waals surface area contributed by atoms with Crippen LogP contribution in [-0.4, -0.2) is 20.1 Å². The molecule has 1 heterocycles. The van der Waals surface area contributed by atoms with Gasteiger partial charge in [-0.1, -0.05) is 18.2 Å². The average Bonchev–Trinajstić information content (AvgIpc) is 2.91. The quantitative estimate of drug-likeness (QED) is 0.854. The first-order valence-electron chi connectivity index (χ1n) is 6.27. The summed E-state index contributed by atoms with van der Waals surface area (Å²) in [5, 5.41) is 12.1. The number of hydrogen-bond acceptors (Lipinski definition) is 4. The standard InChI is InChI=1S/C14H16FNO3S2/c1-14(17,13-6-3-7-20-13)10-16-21(18,19)9-11-4-2-5-12(15)8-11/h2-8,16-17H,9-10H2,1H3. The smallest absolute Gasteiger partial charge is 0.215 e. The second-order valence-corrected chi connectivity index (χ2v) is 7.72. The van der Waals surface area contributed by atoms with Crippen molar-refractivity contribution in [2.24, 2.45) is 0 Å². The maximum atomic E-state index is 13.0. The van der Waals surface area contributed by atoms with Crippen LogP contribution in [0.4, 0.5) is 4.39 Å². The van der Waals surface area contributed by atoms with E-state index in [9.17, 15) is 17.9 Å². The van der Waals surface area contributed by atoms with Gasteiger partial charge in [-0.25, -0.2) is 17.5 Å². The van der Waals surface area contributed by atoms with E-state index in [0.29, 0.717) is 10.4 Å². The van der Waals surface area contributed by atoms with Crippen LogP contribution in [0, 0.1) is 5.82 Å². The van der Waals surface area contributed by atoms with Crippen molar-refractivity contribution in [3.05, 3.63) is 58.0 Å². The van der Waals surface area contributed by atoms with Crippen LogP contribution in [0.15, 0.2) is 41.8 Å². The highest BCUT2D eigenvalue weighted by Gasteiger charge is 2.26. The van der Waals surface area contributed by atoms with Gasteiger partial charge in [0.15, 0.2) is 0 Å². The zero-order chi connectivity index (χ0) is 15.5. The van der Waals surface area contributed by atoms with Crippen molar-refractivity contribution in [1.82, 2.24) is 4.72 Å². The molecular weight excluding hydrogens is 313 g/mol. The second kappa shape index (κ2) is 6.23. The van der Waals surface area contributed by atoms with Gasteiger partial charge in [0.2, 0.25) is 10.0 Å². The van der Waals surface area contributed by atoms with Crippen LogP contribution in [-0.2, 0) is 21.4 Å². The van der Waals surface area contributed by atoms with Crippen molar-refractivity contribution in [3.63, 3.8) is 0 Å². The van der Waals surface area contributed by atoms with E-state index in [0.717, 1.165) is 0 Å². The summed E-state index contributed by atoms with van der Waals surface area (Å²) in [6.45, 7) is 1.41. The minimum Gasteiger partial charge on any atom is -0.383 e. The summed E-state index contributed by atoms with van der Waals surface area (Å²) < 4.78 is 39.4. The largest absolute Gasteiger partial charge is 0.383 e. The average molecular weight is 329 g/mol. The number of nitrogens with one attached hydrogen (secondary N) is 1. The van der Waals surface area contributed by atoms with Crippen LogP contribution in [0.25, 0.3) is 0 Å². The Morgan fingerprint density at radius 2 is 2.10 bits per heavy atom. The summed E-state index contributed by atoms with van der Waals surface area (Å²) in [4.78, 5) is 0.677. The van der Waals surface area contributed by atoms with Gasteiger partial charge < -0.3 is 5.11 Å². The van der Waals surface area contributed by atoms with Crippen molar-refractivity contribution in [1.29, 1.82) is 0 Å². The Morgan fingerprint density at radius 1 is 1.33 bits per heavy atom. The molecule has 0 saturated heterocycles. The lowest BCUT2D eigenvalue weighted by atomic mass is 10.1. The fraction of sp³-hybridized carbons (Fsp3) is 0.286. The van der Waals surface area contributed by atoms with Gasteiger partial charge in [-0.2, -0.15) is 0 Å². The Kier molecular flexibility index (Phi) is 4.77. The summed E-state index contributed by atoms with van der Waals surface area (Å²) in [6, 6.07) is 8.96. The normalized spacial score (nSPS) is 14.8. The molecule has 0 saturated carbocycles. The molecule has 2 aromatic rings. The predicted molar refractivity (Wildman–Crippen MR) is 80.9 cm³/mol. The highest BCUT2D eigenvalue weighted by Crippen LogP contribution is 2.24. The minimum atomic E-state index is -3.65. The molecule has 1 aromatic carbocycles. The van der Waals surface area contributed by atoms with Crippen molar-refractivity contribution in [2.45, 2.75) is 18.3 Å². The molecule has 2 N–H and O–H groups in total. The van der Waals surface area contributed by atoms with E-state index in [1.54, 1.807) is 25.1 Å². The second-order valence-electron chi connectivity index (χ2n) is 4.96. The van der Waals surface area contributed by atoms with Crippen molar-refractivity contribution in [3.8, 4) is 0 Å². The predicted octanol–water partition coefficient (Wildman–Crippen LogP) is 2.21. The molecule has 1 atom stereocenters. The fourth-order valence-corrected chi connectivity index (χ4v) is 3.83. The summed E-state index contributed by atoms with van der Waals surface area (Å²) >= 11 is 1.35. The van der Waals surface area contributed by atoms with Gasteiger partial charge in [0, 0.05) is 11.4 Å². The molecule has 0 radical (unpaired) electrons. The molecular formula is C14H16FNO3S2. The Balaban J connectivity index is 2.02. The molecule has 0 fully saturated rings. The third-order valence-corrected chi connectivity index (χ3v) is 5.35. The van der Waals surface area contributed by atoms with Gasteiger partial charge in [-0.05, 0) is 36.1 Å². The maximum Gasteiger partial charge on any atom is 0.215 e. The van der Waals surface area contributed by atoms with Crippen LogP contribution in [0.1, 0.15) is 17.4 Å². The number of halogens is 1. The number of rotatable bonds is 6. The zero-order valence-corrected chi connectivity index (χ0v) is 13.0. The highest BCUT2D eigenvalue weighted by atomic mass is 32.2. The number of sulfonamides is 1. The Labute approximate surface area is 127 Å². The summed E-state index contributed by atoms with van der Waals surface area (Å²) in [5.41, 5.74) is -0.915. The lowest BCUT2D eigenvalue weighted by molar-refractivity contribution is 0.0666. The van der Waals surface area contributed by atoms with E-state index in [-0.39, 0.29) is 12.3 Å². The molecule has 4 nitrogen and oxygen atoms in total. The number of hydrogen-bond donors (Lipinski definition) is 2. The van der Waals surface area contributed by atoms with Gasteiger partial charge >= 0.3 is 0 Å². The van der Waals surface area contributed by atoms with Crippen LogP contribution >= 0.6 is 11.3 Å². The van der Waals surface area contributed by atoms with Gasteiger partial charge in [0.25, 0.3) is 0 Å². The number of benzene rings is 1. The van der Waals surface area contributed by atoms with Crippen LogP contribution in [0.2, 0.25) is 0 Å². The maximum absolute atomic E-state index is 13.0. The molecule has 7 heteroatoms. The lowest BCUT2D eigenvalue weighted by Gasteiger charge is -2.22. The third kappa shape index (κ3) is 4.60. The Bertz CT molecular complexity index is 697. The van der Waals surface area contributed by atoms with Gasteiger partial charge in [0.05, 0.1) is 5.75 Å². The zero-order valence-electron chi connectivity index (χ0n) is 11.4. The van der Waals surface area contributed by atoms with Crippen LogP contribution in [0.5, 0.6) is 0 Å². The topological polar surface area (TPSA) is 66.4 Å². The Hall–Kier alpha value is -1.28. The van der Waals surface area contributed by atoms with Crippen LogP contribution < -0.4 is 4.72 Å². The summed E-state index contributed by atoms with van der Waals surface area (Å²) in [6.07, 6.45) is 0. The molecule has 0 amide bonds. The monoisotopic (exact) mass is 329 g/mol. The SMILES string of the molecule is CC(O)(CNS(=O)(=O)Cc1cccc(F)c1)c1cccs1. The van der Waals surface area contributed by atoms with E-state index in [1.165, 1.54) is 29.5 Å². The van der Waals surface area contributed by atoms with Gasteiger partial charge in [0.1, 0.15) is 11.4 Å². The van der Waals surface area contributed by atoms with E-state index >= 15 is 0 Å².